The molecule has 0 atom stereocenters. The normalized spacial score (nSPS) is 10.6. The van der Waals surface area contributed by atoms with E-state index < -0.39 is 0 Å². The number of hydrogen-bond donors (Lipinski definition) is 3. The number of rotatable bonds is 3. The quantitative estimate of drug-likeness (QED) is 0.164. The Kier molecular flexibility index (Phi) is 16.2. The second-order valence-electron chi connectivity index (χ2n) is 6.98. The average molecular weight is 1070 g/mol. The molecule has 17 heteroatoms. The van der Waals surface area contributed by atoms with E-state index in [0.29, 0.717) is 41.5 Å². The zero-order valence-electron chi connectivity index (χ0n) is 18.6. The number of H-pyrrole nitrogens is 3. The van der Waals surface area contributed by atoms with Crippen molar-refractivity contribution in [2.45, 2.75) is 44.7 Å². The van der Waals surface area contributed by atoms with Crippen LogP contribution in [0, 0.1) is 4.77 Å². The van der Waals surface area contributed by atoms with E-state index in [1.807, 2.05) is 20.1 Å². The van der Waals surface area contributed by atoms with E-state index in [1.54, 1.807) is 12.4 Å². The summed E-state index contributed by atoms with van der Waals surface area (Å²) in [6, 6.07) is 0. The first kappa shape index (κ1) is 32.9. The first-order valence-electron chi connectivity index (χ1n) is 9.38. The molecule has 4 rings (SSSR count). The SMILES string of the molecule is CC(C)c1c[nH]n2c(=O)[nH]c(=S)nc12.CSc1nc2c(C(C)C)cnn2c(=O)[nH]1.II.I[I-]I. The van der Waals surface area contributed by atoms with Gasteiger partial charge in [-0.15, -0.1) is 0 Å². The van der Waals surface area contributed by atoms with Gasteiger partial charge in [0.1, 0.15) is 0 Å². The zero-order valence-corrected chi connectivity index (χ0v) is 31.0. The minimum atomic E-state index is -0.285. The van der Waals surface area contributed by atoms with Crippen LogP contribution in [0.4, 0.5) is 0 Å². The van der Waals surface area contributed by atoms with Crippen LogP contribution in [0.2, 0.25) is 0 Å². The number of halogens is 5. The van der Waals surface area contributed by atoms with Gasteiger partial charge in [-0.3, -0.25) is 15.1 Å². The van der Waals surface area contributed by atoms with E-state index in [2.05, 4.69) is 118 Å². The summed E-state index contributed by atoms with van der Waals surface area (Å²) in [5.74, 6) is 0.617. The summed E-state index contributed by atoms with van der Waals surface area (Å²) in [4.78, 5) is 36.5. The summed E-state index contributed by atoms with van der Waals surface area (Å²) in [5, 5.41) is 7.47. The third kappa shape index (κ3) is 9.04. The molecule has 0 spiro atoms. The van der Waals surface area contributed by atoms with Gasteiger partial charge in [0.05, 0.1) is 6.20 Å². The van der Waals surface area contributed by atoms with E-state index in [-0.39, 0.29) is 16.2 Å². The van der Waals surface area contributed by atoms with Crippen LogP contribution in [0.1, 0.15) is 50.7 Å². The summed E-state index contributed by atoms with van der Waals surface area (Å²) in [5.41, 5.74) is 2.72. The molecular formula is C17H22I5N8O2S2-. The number of fused-ring (bicyclic) bond motifs is 2. The topological polar surface area (TPSA) is 129 Å². The number of aromatic amines is 3. The molecule has 0 aliphatic rings. The van der Waals surface area contributed by atoms with Crippen LogP contribution in [0.5, 0.6) is 0 Å². The number of aromatic nitrogens is 8. The Morgan fingerprint density at radius 3 is 2.12 bits per heavy atom. The summed E-state index contributed by atoms with van der Waals surface area (Å²) >= 11 is 15.8. The molecule has 34 heavy (non-hydrogen) atoms. The Morgan fingerprint density at radius 1 is 1.00 bits per heavy atom. The predicted molar refractivity (Wildman–Crippen MR) is 171 cm³/mol. The Bertz CT molecular complexity index is 1360. The number of hydrogen-bond acceptors (Lipinski definition) is 7. The van der Waals surface area contributed by atoms with E-state index >= 15 is 0 Å². The first-order chi connectivity index (χ1) is 16.1. The fourth-order valence-corrected chi connectivity index (χ4v) is 3.28. The zero-order chi connectivity index (χ0) is 26.0. The molecule has 10 nitrogen and oxygen atoms in total. The van der Waals surface area contributed by atoms with Gasteiger partial charge in [-0.1, -0.05) is 39.5 Å². The van der Waals surface area contributed by atoms with Crippen molar-refractivity contribution in [3.05, 3.63) is 49.3 Å². The van der Waals surface area contributed by atoms with Crippen molar-refractivity contribution < 1.29 is 13.3 Å². The maximum absolute atomic E-state index is 11.6. The number of thioether (sulfide) groups is 1. The molecule has 4 aromatic heterocycles. The van der Waals surface area contributed by atoms with Crippen molar-refractivity contribution in [2.75, 3.05) is 6.26 Å². The van der Waals surface area contributed by atoms with E-state index in [0.717, 1.165) is 11.1 Å². The van der Waals surface area contributed by atoms with Crippen molar-refractivity contribution in [3.63, 3.8) is 0 Å². The van der Waals surface area contributed by atoms with Crippen LogP contribution in [0.3, 0.4) is 0 Å². The van der Waals surface area contributed by atoms with Gasteiger partial charge in [0.15, 0.2) is 16.5 Å². The van der Waals surface area contributed by atoms with Gasteiger partial charge >= 0.3 is 61.9 Å². The van der Waals surface area contributed by atoms with Crippen LogP contribution in [-0.2, 0) is 0 Å². The van der Waals surface area contributed by atoms with Crippen LogP contribution >= 0.6 is 98.4 Å². The number of nitrogens with one attached hydrogen (secondary N) is 3. The van der Waals surface area contributed by atoms with Gasteiger partial charge in [0.25, 0.3) is 0 Å². The van der Waals surface area contributed by atoms with Gasteiger partial charge in [0, 0.05) is 54.6 Å². The molecule has 4 heterocycles. The molecule has 0 bridgehead atoms. The molecule has 0 radical (unpaired) electrons. The first-order valence-corrected chi connectivity index (χ1v) is 29.9. The third-order valence-electron chi connectivity index (χ3n) is 4.27. The summed E-state index contributed by atoms with van der Waals surface area (Å²) in [6.45, 7) is 8.18. The van der Waals surface area contributed by atoms with Crippen molar-refractivity contribution in [1.82, 2.24) is 39.2 Å². The van der Waals surface area contributed by atoms with Crippen molar-refractivity contribution in [1.29, 1.82) is 0 Å². The molecule has 0 unspecified atom stereocenters. The van der Waals surface area contributed by atoms with Crippen molar-refractivity contribution in [2.24, 2.45) is 0 Å². The molecule has 0 aromatic carbocycles. The summed E-state index contributed by atoms with van der Waals surface area (Å²) < 4.78 is 2.87. The standard InChI is InChI=1S/C9H12N4OS.C8H10N4OS.I3.I2/c1-5(2)6-4-10-13-7(6)11-8(15-3)12-9(13)14;1-4(2)5-3-9-12-6(5)10-7(14)11-8(12)13;1-3-2;1-2/h4-5H,1-3H3,(H,11,12,14);3-4,9H,1-2H3,(H,11,13,14);;/q;;-1;. The molecule has 190 valence electrons. The summed E-state index contributed by atoms with van der Waals surface area (Å²) in [6.07, 6.45) is 5.35. The molecule has 0 saturated heterocycles. The van der Waals surface area contributed by atoms with Crippen LogP contribution < -0.4 is 24.6 Å². The fraction of sp³-hybridized carbons (Fsp3) is 0.412. The van der Waals surface area contributed by atoms with E-state index in [4.69, 9.17) is 12.2 Å². The molecule has 0 aliphatic heterocycles. The third-order valence-corrected chi connectivity index (χ3v) is 5.04. The summed E-state index contributed by atoms with van der Waals surface area (Å²) in [7, 11) is 0. The van der Waals surface area contributed by atoms with Gasteiger partial charge in [-0.25, -0.2) is 19.6 Å². The average Bonchev–Trinajstić information content (AvgIpc) is 3.41. The molecule has 3 N–H and O–H groups in total. The minimum absolute atomic E-state index is 0.219. The Morgan fingerprint density at radius 2 is 1.59 bits per heavy atom. The fourth-order valence-electron chi connectivity index (χ4n) is 2.74. The van der Waals surface area contributed by atoms with Gasteiger partial charge in [0.2, 0.25) is 4.77 Å². The van der Waals surface area contributed by atoms with Gasteiger partial charge < -0.3 is 0 Å². The molecule has 0 saturated carbocycles. The molecule has 0 aliphatic carbocycles. The molecule has 4 aromatic rings. The van der Waals surface area contributed by atoms with Gasteiger partial charge in [-0.05, 0) is 30.3 Å². The van der Waals surface area contributed by atoms with Crippen molar-refractivity contribution >= 4 is 110 Å². The maximum atomic E-state index is 11.6. The van der Waals surface area contributed by atoms with Crippen molar-refractivity contribution in [3.8, 4) is 0 Å². The Hall–Kier alpha value is 0.920. The second-order valence-corrected chi connectivity index (χ2v) is 24.4. The Balaban J connectivity index is 0.000000287. The van der Waals surface area contributed by atoms with Crippen LogP contribution in [0.15, 0.2) is 27.1 Å². The molecule has 0 fully saturated rings. The van der Waals surface area contributed by atoms with E-state index in [9.17, 15) is 9.59 Å². The molecule has 0 amide bonds. The monoisotopic (exact) mass is 1070 g/mol. The predicted octanol–water partition coefficient (Wildman–Crippen LogP) is 3.01. The van der Waals surface area contributed by atoms with E-state index in [1.165, 1.54) is 20.8 Å². The second kappa shape index (κ2) is 16.7. The van der Waals surface area contributed by atoms with Gasteiger partial charge in [-0.2, -0.15) is 14.1 Å². The molecular weight excluding hydrogens is 1050 g/mol. The van der Waals surface area contributed by atoms with Crippen LogP contribution in [0.25, 0.3) is 11.3 Å². The number of nitrogens with zero attached hydrogens (tertiary/aromatic N) is 5. The Labute approximate surface area is 258 Å². The van der Waals surface area contributed by atoms with Crippen LogP contribution in [-0.4, -0.2) is 45.4 Å².